The second-order valence-electron chi connectivity index (χ2n) is 10.2. The second kappa shape index (κ2) is 12.5. The van der Waals surface area contributed by atoms with Gasteiger partial charge in [0.15, 0.2) is 12.1 Å². The summed E-state index contributed by atoms with van der Waals surface area (Å²) in [5.74, 6) is 0.0390. The highest BCUT2D eigenvalue weighted by molar-refractivity contribution is 6.22. The average Bonchev–Trinajstić information content (AvgIpc) is 3.53. The number of aromatic nitrogens is 1. The molecule has 218 valence electrons. The Labute approximate surface area is 254 Å². The molecule has 5 rings (SSSR count). The maximum atomic E-state index is 13.2. The van der Waals surface area contributed by atoms with E-state index in [9.17, 15) is 19.6 Å². The zero-order chi connectivity index (χ0) is 31.4. The van der Waals surface area contributed by atoms with Gasteiger partial charge in [0.2, 0.25) is 0 Å². The number of hydrogen-bond acceptors (Lipinski definition) is 6. The third kappa shape index (κ3) is 5.69. The van der Waals surface area contributed by atoms with Crippen molar-refractivity contribution in [3.8, 4) is 11.8 Å². The maximum Gasteiger partial charge on any atom is 0.257 e. The topological polar surface area (TPSA) is 136 Å². The molecule has 0 aliphatic carbocycles. The van der Waals surface area contributed by atoms with Crippen LogP contribution in [0.3, 0.4) is 0 Å². The molecule has 2 amide bonds. The second-order valence-corrected chi connectivity index (χ2v) is 10.2. The van der Waals surface area contributed by atoms with Gasteiger partial charge in [0.25, 0.3) is 11.8 Å². The number of nitrogens with one attached hydrogen (secondary N) is 3. The molecule has 0 bridgehead atoms. The number of H-pyrrole nitrogens is 1. The summed E-state index contributed by atoms with van der Waals surface area (Å²) in [5, 5.41) is 15.8. The van der Waals surface area contributed by atoms with E-state index in [4.69, 9.17) is 4.74 Å². The maximum absolute atomic E-state index is 13.2. The van der Waals surface area contributed by atoms with Crippen LogP contribution in [0.25, 0.3) is 11.6 Å². The molecule has 1 aliphatic rings. The molecule has 0 unspecified atom stereocenters. The average molecular weight is 584 g/mol. The Hall–Kier alpha value is -6.01. The monoisotopic (exact) mass is 583 g/mol. The van der Waals surface area contributed by atoms with Gasteiger partial charge in [-0.1, -0.05) is 48.5 Å². The number of nitriles is 1. The number of rotatable bonds is 7. The molecule has 0 atom stereocenters. The molecule has 0 saturated carbocycles. The molecule has 1 aromatic heterocycles. The molecule has 4 aromatic rings. The number of methoxy groups -OCH3 is 1. The van der Waals surface area contributed by atoms with Gasteiger partial charge in [-0.15, -0.1) is 0 Å². The zero-order valence-electron chi connectivity index (χ0n) is 24.6. The lowest BCUT2D eigenvalue weighted by molar-refractivity contribution is 0.0975. The summed E-state index contributed by atoms with van der Waals surface area (Å²) in [6.45, 7) is 5.55. The quantitative estimate of drug-likeness (QED) is 0.223. The Kier molecular flexibility index (Phi) is 8.35. The highest BCUT2D eigenvalue weighted by atomic mass is 16.5. The van der Waals surface area contributed by atoms with Crippen LogP contribution in [0.15, 0.2) is 89.1 Å². The Morgan fingerprint density at radius 2 is 1.68 bits per heavy atom. The highest BCUT2D eigenvalue weighted by Crippen LogP contribution is 2.36. The Morgan fingerprint density at radius 3 is 2.39 bits per heavy atom. The van der Waals surface area contributed by atoms with Crippen molar-refractivity contribution < 1.29 is 19.1 Å². The first-order valence-electron chi connectivity index (χ1n) is 13.8. The van der Waals surface area contributed by atoms with Crippen molar-refractivity contribution in [2.45, 2.75) is 20.8 Å². The first kappa shape index (κ1) is 29.5. The first-order chi connectivity index (χ1) is 21.2. The molecule has 2 heterocycles. The number of nitrogens with zero attached hydrogens (tertiary/aromatic N) is 2. The van der Waals surface area contributed by atoms with Gasteiger partial charge in [-0.2, -0.15) is 5.26 Å². The third-order valence-electron chi connectivity index (χ3n) is 7.54. The SMILES string of the molecule is COc1cccc(C(=O)NC2=NC(=Cc3[nH]c(NC(=O)c4cccc(C)c4C)c(C=O)c3C)C(c3ccccc3)=C2C#N)c1. The predicted octanol–water partition coefficient (Wildman–Crippen LogP) is 6.17. The number of benzene rings is 3. The normalized spacial score (nSPS) is 13.3. The number of aliphatic imine (C=N–C) groups is 1. The van der Waals surface area contributed by atoms with E-state index < -0.39 is 5.91 Å². The number of amides is 2. The molecule has 3 aromatic carbocycles. The van der Waals surface area contributed by atoms with E-state index in [-0.39, 0.29) is 28.7 Å². The van der Waals surface area contributed by atoms with Gasteiger partial charge in [0.05, 0.1) is 18.4 Å². The van der Waals surface area contributed by atoms with Crippen molar-refractivity contribution in [2.75, 3.05) is 12.4 Å². The Balaban J connectivity index is 1.56. The summed E-state index contributed by atoms with van der Waals surface area (Å²) >= 11 is 0. The van der Waals surface area contributed by atoms with Gasteiger partial charge >= 0.3 is 0 Å². The number of allylic oxidation sites excluding steroid dienone is 1. The molecule has 9 nitrogen and oxygen atoms in total. The fourth-order valence-electron chi connectivity index (χ4n) is 4.96. The van der Waals surface area contributed by atoms with E-state index in [0.717, 1.165) is 11.1 Å². The summed E-state index contributed by atoms with van der Waals surface area (Å²) in [7, 11) is 1.51. The van der Waals surface area contributed by atoms with E-state index >= 15 is 0 Å². The number of hydrogen-bond donors (Lipinski definition) is 3. The van der Waals surface area contributed by atoms with Crippen LogP contribution in [0.2, 0.25) is 0 Å². The van der Waals surface area contributed by atoms with E-state index in [0.29, 0.717) is 51.3 Å². The number of carbonyl (C=O) groups is 3. The van der Waals surface area contributed by atoms with E-state index in [2.05, 4.69) is 26.7 Å². The van der Waals surface area contributed by atoms with Crippen molar-refractivity contribution in [1.29, 1.82) is 5.26 Å². The first-order valence-corrected chi connectivity index (χ1v) is 13.8. The molecular weight excluding hydrogens is 554 g/mol. The lowest BCUT2D eigenvalue weighted by atomic mass is 9.98. The number of anilines is 1. The molecule has 3 N–H and O–H groups in total. The van der Waals surface area contributed by atoms with Crippen LogP contribution in [0.4, 0.5) is 5.82 Å². The minimum atomic E-state index is -0.459. The number of amidine groups is 1. The number of aldehydes is 1. The smallest absolute Gasteiger partial charge is 0.257 e. The summed E-state index contributed by atoms with van der Waals surface area (Å²) in [4.78, 5) is 46.3. The predicted molar refractivity (Wildman–Crippen MR) is 170 cm³/mol. The van der Waals surface area contributed by atoms with Crippen molar-refractivity contribution >= 4 is 41.4 Å². The van der Waals surface area contributed by atoms with Gasteiger partial charge in [-0.05, 0) is 73.4 Å². The minimum Gasteiger partial charge on any atom is -0.497 e. The molecule has 0 spiro atoms. The van der Waals surface area contributed by atoms with Crippen molar-refractivity contribution in [3.63, 3.8) is 0 Å². The zero-order valence-corrected chi connectivity index (χ0v) is 24.6. The minimum absolute atomic E-state index is 0.0914. The van der Waals surface area contributed by atoms with Crippen LogP contribution >= 0.6 is 0 Å². The van der Waals surface area contributed by atoms with Crippen molar-refractivity contribution in [2.24, 2.45) is 4.99 Å². The Morgan fingerprint density at radius 1 is 0.932 bits per heavy atom. The van der Waals surface area contributed by atoms with Crippen molar-refractivity contribution in [3.05, 3.63) is 129 Å². The van der Waals surface area contributed by atoms with Crippen LogP contribution in [0.1, 0.15) is 59.0 Å². The summed E-state index contributed by atoms with van der Waals surface area (Å²) in [6, 6.07) is 23.5. The molecule has 1 aliphatic heterocycles. The van der Waals surface area contributed by atoms with Gasteiger partial charge in [0, 0.05) is 22.4 Å². The van der Waals surface area contributed by atoms with Crippen LogP contribution < -0.4 is 15.4 Å². The summed E-state index contributed by atoms with van der Waals surface area (Å²) in [6.07, 6.45) is 2.37. The van der Waals surface area contributed by atoms with E-state index in [1.165, 1.54) is 7.11 Å². The van der Waals surface area contributed by atoms with Gasteiger partial charge in [-0.25, -0.2) is 4.99 Å². The van der Waals surface area contributed by atoms with Crippen LogP contribution in [0, 0.1) is 32.1 Å². The summed E-state index contributed by atoms with van der Waals surface area (Å²) in [5.41, 5.74) is 5.83. The van der Waals surface area contributed by atoms with E-state index in [1.54, 1.807) is 49.4 Å². The largest absolute Gasteiger partial charge is 0.497 e. The standard InChI is InChI=1S/C35H29N5O4/c1-20-10-8-15-26(21(20)2)35(43)40-33-28(19-41)22(3)29(37-33)17-30-31(23-11-6-5-7-12-23)27(18-36)32(38-30)39-34(42)24-13-9-14-25(16-24)44-4/h5-17,19,37H,1-4H3,(H,40,43)(H,38,39,42). The number of ether oxygens (including phenoxy) is 1. The lowest BCUT2D eigenvalue weighted by Crippen LogP contribution is -2.30. The molecule has 0 radical (unpaired) electrons. The van der Waals surface area contributed by atoms with Crippen molar-refractivity contribution in [1.82, 2.24) is 10.3 Å². The van der Waals surface area contributed by atoms with Gasteiger partial charge in [0.1, 0.15) is 23.2 Å². The molecular formula is C35H29N5O4. The molecule has 44 heavy (non-hydrogen) atoms. The molecule has 9 heteroatoms. The van der Waals surface area contributed by atoms with Crippen LogP contribution in [-0.4, -0.2) is 36.0 Å². The van der Waals surface area contributed by atoms with Crippen LogP contribution in [0.5, 0.6) is 5.75 Å². The summed E-state index contributed by atoms with van der Waals surface area (Å²) < 4.78 is 5.23. The fourth-order valence-corrected chi connectivity index (χ4v) is 4.96. The molecule has 0 saturated heterocycles. The third-order valence-corrected chi connectivity index (χ3v) is 7.54. The van der Waals surface area contributed by atoms with E-state index in [1.807, 2.05) is 50.2 Å². The number of aromatic amines is 1. The van der Waals surface area contributed by atoms with Crippen LogP contribution in [-0.2, 0) is 0 Å². The lowest BCUT2D eigenvalue weighted by Gasteiger charge is -2.09. The highest BCUT2D eigenvalue weighted by Gasteiger charge is 2.28. The Bertz CT molecular complexity index is 1940. The van der Waals surface area contributed by atoms with Gasteiger partial charge in [-0.3, -0.25) is 14.4 Å². The fraction of sp³-hybridized carbons (Fsp3) is 0.114. The number of aryl methyl sites for hydroxylation is 1. The van der Waals surface area contributed by atoms with Gasteiger partial charge < -0.3 is 20.4 Å². The molecule has 0 fully saturated rings. The number of carbonyl (C=O) groups excluding carboxylic acids is 3.